The molecule has 4 rings (SSSR count). The first kappa shape index (κ1) is 13.8. The van der Waals surface area contributed by atoms with Crippen LogP contribution in [0.1, 0.15) is 0 Å². The van der Waals surface area contributed by atoms with E-state index in [2.05, 4.69) is 10.1 Å². The number of aromatic nitrogens is 3. The third-order valence-electron chi connectivity index (χ3n) is 3.58. The van der Waals surface area contributed by atoms with Crippen LogP contribution in [0.2, 0.25) is 0 Å². The van der Waals surface area contributed by atoms with Crippen LogP contribution in [0, 0.1) is 0 Å². The third kappa shape index (κ3) is 2.43. The lowest BCUT2D eigenvalue weighted by Crippen LogP contribution is -2.12. The van der Waals surface area contributed by atoms with E-state index >= 15 is 0 Å². The average molecular weight is 323 g/mol. The van der Waals surface area contributed by atoms with Gasteiger partial charge in [0.25, 0.3) is 5.56 Å². The second-order valence-electron chi connectivity index (χ2n) is 5.04. The molecule has 0 aliphatic carbocycles. The Bertz CT molecular complexity index is 1030. The molecule has 0 aliphatic rings. The molecule has 1 N–H and O–H groups in total. The van der Waals surface area contributed by atoms with E-state index in [0.29, 0.717) is 5.13 Å². The Morgan fingerprint density at radius 2 is 1.96 bits per heavy atom. The van der Waals surface area contributed by atoms with Crippen LogP contribution in [0.3, 0.4) is 0 Å². The van der Waals surface area contributed by atoms with Crippen LogP contribution in [0.4, 0.5) is 0 Å². The monoisotopic (exact) mass is 323 g/mol. The highest BCUT2D eigenvalue weighted by atomic mass is 32.1. The SMILES string of the molecule is COc1ccc2nc(-n3[nH]c(-c4ccccc4)cc3=O)sc2c1. The van der Waals surface area contributed by atoms with E-state index in [1.165, 1.54) is 16.0 Å². The van der Waals surface area contributed by atoms with Crippen LogP contribution >= 0.6 is 11.3 Å². The van der Waals surface area contributed by atoms with Crippen LogP contribution < -0.4 is 10.3 Å². The first-order chi connectivity index (χ1) is 11.2. The number of thiazole rings is 1. The number of hydrogen-bond donors (Lipinski definition) is 1. The molecule has 6 heteroatoms. The molecular formula is C17H13N3O2S. The number of nitrogens with zero attached hydrogens (tertiary/aromatic N) is 2. The molecule has 23 heavy (non-hydrogen) atoms. The molecule has 114 valence electrons. The zero-order chi connectivity index (χ0) is 15.8. The minimum atomic E-state index is -0.130. The van der Waals surface area contributed by atoms with E-state index < -0.39 is 0 Å². The van der Waals surface area contributed by atoms with Crippen molar-refractivity contribution in [2.45, 2.75) is 0 Å². The van der Waals surface area contributed by atoms with Gasteiger partial charge in [-0.3, -0.25) is 9.89 Å². The van der Waals surface area contributed by atoms with Crippen molar-refractivity contribution >= 4 is 21.6 Å². The molecule has 2 aromatic carbocycles. The lowest BCUT2D eigenvalue weighted by molar-refractivity contribution is 0.415. The number of benzene rings is 2. The summed E-state index contributed by atoms with van der Waals surface area (Å²) in [6.07, 6.45) is 0. The van der Waals surface area contributed by atoms with Gasteiger partial charge in [-0.1, -0.05) is 41.7 Å². The van der Waals surface area contributed by atoms with Crippen molar-refractivity contribution in [3.8, 4) is 22.1 Å². The molecule has 0 fully saturated rings. The second-order valence-corrected chi connectivity index (χ2v) is 6.05. The third-order valence-corrected chi connectivity index (χ3v) is 4.58. The molecule has 0 radical (unpaired) electrons. The zero-order valence-corrected chi connectivity index (χ0v) is 13.1. The first-order valence-electron chi connectivity index (χ1n) is 7.07. The molecule has 0 unspecified atom stereocenters. The Balaban J connectivity index is 1.82. The van der Waals surface area contributed by atoms with Crippen molar-refractivity contribution in [1.82, 2.24) is 14.8 Å². The van der Waals surface area contributed by atoms with Crippen LogP contribution in [0.5, 0.6) is 5.75 Å². The maximum Gasteiger partial charge on any atom is 0.273 e. The summed E-state index contributed by atoms with van der Waals surface area (Å²) >= 11 is 1.44. The molecular weight excluding hydrogens is 310 g/mol. The molecule has 0 saturated carbocycles. The molecule has 0 amide bonds. The standard InChI is InChI=1S/C17H13N3O2S/c1-22-12-7-8-13-15(9-12)23-17(18-13)20-16(21)10-14(19-20)11-5-3-2-4-6-11/h2-10,19H,1H3. The summed E-state index contributed by atoms with van der Waals surface area (Å²) in [5.74, 6) is 0.775. The molecule has 4 aromatic rings. The predicted molar refractivity (Wildman–Crippen MR) is 91.6 cm³/mol. The predicted octanol–water partition coefficient (Wildman–Crippen LogP) is 3.45. The molecule has 0 bridgehead atoms. The fourth-order valence-electron chi connectivity index (χ4n) is 2.42. The summed E-state index contributed by atoms with van der Waals surface area (Å²) in [4.78, 5) is 16.8. The highest BCUT2D eigenvalue weighted by Crippen LogP contribution is 2.28. The summed E-state index contributed by atoms with van der Waals surface area (Å²) < 4.78 is 7.67. The van der Waals surface area contributed by atoms with Gasteiger partial charge in [0.2, 0.25) is 5.13 Å². The number of methoxy groups -OCH3 is 1. The molecule has 0 saturated heterocycles. The average Bonchev–Trinajstić information content (AvgIpc) is 3.18. The smallest absolute Gasteiger partial charge is 0.273 e. The van der Waals surface area contributed by atoms with E-state index in [-0.39, 0.29) is 5.56 Å². The van der Waals surface area contributed by atoms with Gasteiger partial charge in [0, 0.05) is 6.07 Å². The summed E-state index contributed by atoms with van der Waals surface area (Å²) in [6.45, 7) is 0. The lowest BCUT2D eigenvalue weighted by atomic mass is 10.2. The fraction of sp³-hybridized carbons (Fsp3) is 0.0588. The number of aromatic amines is 1. The Hall–Kier alpha value is -2.86. The van der Waals surface area contributed by atoms with Gasteiger partial charge in [-0.05, 0) is 23.8 Å². The van der Waals surface area contributed by atoms with Crippen molar-refractivity contribution in [2.24, 2.45) is 0 Å². The van der Waals surface area contributed by atoms with E-state index in [4.69, 9.17) is 4.74 Å². The Kier molecular flexibility index (Phi) is 3.24. The molecule has 0 spiro atoms. The van der Waals surface area contributed by atoms with Crippen molar-refractivity contribution in [1.29, 1.82) is 0 Å². The van der Waals surface area contributed by atoms with Gasteiger partial charge in [-0.2, -0.15) is 4.68 Å². The summed E-state index contributed by atoms with van der Waals surface area (Å²) in [7, 11) is 1.63. The Morgan fingerprint density at radius 3 is 2.74 bits per heavy atom. The van der Waals surface area contributed by atoms with Gasteiger partial charge in [0.05, 0.1) is 23.0 Å². The number of hydrogen-bond acceptors (Lipinski definition) is 4. The van der Waals surface area contributed by atoms with Crippen LogP contribution in [0.25, 0.3) is 26.6 Å². The normalized spacial score (nSPS) is 11.0. The number of H-pyrrole nitrogens is 1. The minimum absolute atomic E-state index is 0.130. The second kappa shape index (κ2) is 5.40. The maximum atomic E-state index is 12.3. The molecule has 2 heterocycles. The molecule has 0 aliphatic heterocycles. The molecule has 2 aromatic heterocycles. The summed E-state index contributed by atoms with van der Waals surface area (Å²) in [5.41, 5.74) is 2.45. The van der Waals surface area contributed by atoms with Crippen LogP contribution in [0.15, 0.2) is 59.4 Å². The zero-order valence-electron chi connectivity index (χ0n) is 12.3. The molecule has 0 atom stereocenters. The van der Waals surface area contributed by atoms with E-state index in [0.717, 1.165) is 27.2 Å². The van der Waals surface area contributed by atoms with Crippen molar-refractivity contribution in [3.63, 3.8) is 0 Å². The number of nitrogens with one attached hydrogen (secondary N) is 1. The number of fused-ring (bicyclic) bond motifs is 1. The topological polar surface area (TPSA) is 59.9 Å². The van der Waals surface area contributed by atoms with Gasteiger partial charge < -0.3 is 4.74 Å². The van der Waals surface area contributed by atoms with Crippen molar-refractivity contribution in [3.05, 3.63) is 65.0 Å². The van der Waals surface area contributed by atoms with E-state index in [1.54, 1.807) is 13.2 Å². The number of rotatable bonds is 3. The van der Waals surface area contributed by atoms with Crippen LogP contribution in [-0.4, -0.2) is 21.9 Å². The fourth-order valence-corrected chi connectivity index (χ4v) is 3.38. The van der Waals surface area contributed by atoms with Gasteiger partial charge in [-0.15, -0.1) is 0 Å². The Morgan fingerprint density at radius 1 is 1.13 bits per heavy atom. The summed E-state index contributed by atoms with van der Waals surface area (Å²) in [6, 6.07) is 17.0. The highest BCUT2D eigenvalue weighted by molar-refractivity contribution is 7.20. The van der Waals surface area contributed by atoms with Crippen molar-refractivity contribution < 1.29 is 4.74 Å². The summed E-state index contributed by atoms with van der Waals surface area (Å²) in [5, 5.41) is 3.74. The first-order valence-corrected chi connectivity index (χ1v) is 7.89. The maximum absolute atomic E-state index is 12.3. The van der Waals surface area contributed by atoms with E-state index in [9.17, 15) is 4.79 Å². The minimum Gasteiger partial charge on any atom is -0.497 e. The van der Waals surface area contributed by atoms with Gasteiger partial charge in [-0.25, -0.2) is 4.98 Å². The quantitative estimate of drug-likeness (QED) is 0.628. The van der Waals surface area contributed by atoms with Gasteiger partial charge >= 0.3 is 0 Å². The van der Waals surface area contributed by atoms with Crippen molar-refractivity contribution in [2.75, 3.05) is 7.11 Å². The largest absolute Gasteiger partial charge is 0.497 e. The van der Waals surface area contributed by atoms with Gasteiger partial charge in [0.1, 0.15) is 5.75 Å². The Labute approximate surface area is 135 Å². The number of ether oxygens (including phenoxy) is 1. The van der Waals surface area contributed by atoms with Crippen LogP contribution in [-0.2, 0) is 0 Å². The lowest BCUT2D eigenvalue weighted by Gasteiger charge is -1.97. The highest BCUT2D eigenvalue weighted by Gasteiger charge is 2.11. The van der Waals surface area contributed by atoms with E-state index in [1.807, 2.05) is 48.5 Å². The molecule has 5 nitrogen and oxygen atoms in total. The van der Waals surface area contributed by atoms with Gasteiger partial charge in [0.15, 0.2) is 0 Å².